The Hall–Kier alpha value is -2.89. The fraction of sp³-hybridized carbons (Fsp3) is 0.435. The van der Waals surface area contributed by atoms with Crippen molar-refractivity contribution in [1.29, 1.82) is 0 Å². The Morgan fingerprint density at radius 2 is 1.86 bits per heavy atom. The molecule has 0 spiro atoms. The summed E-state index contributed by atoms with van der Waals surface area (Å²) in [4.78, 5) is 17.4. The Balaban J connectivity index is 1.44. The first-order valence-corrected chi connectivity index (χ1v) is 10.5. The van der Waals surface area contributed by atoms with Gasteiger partial charge in [0.1, 0.15) is 0 Å². The van der Waals surface area contributed by atoms with Crippen molar-refractivity contribution in [2.75, 3.05) is 17.2 Å². The van der Waals surface area contributed by atoms with E-state index in [1.54, 1.807) is 6.20 Å². The van der Waals surface area contributed by atoms with E-state index in [4.69, 9.17) is 0 Å². The number of benzene rings is 1. The highest BCUT2D eigenvalue weighted by Gasteiger charge is 2.16. The molecule has 0 atom stereocenters. The lowest BCUT2D eigenvalue weighted by atomic mass is 10.1. The molecule has 0 bridgehead atoms. The first kappa shape index (κ1) is 19.4. The number of hydrogen-bond donors (Lipinski definition) is 2. The van der Waals surface area contributed by atoms with Crippen LogP contribution in [0.1, 0.15) is 61.6 Å². The molecule has 6 heteroatoms. The van der Waals surface area contributed by atoms with Gasteiger partial charge < -0.3 is 10.6 Å². The van der Waals surface area contributed by atoms with Crippen molar-refractivity contribution in [3.63, 3.8) is 0 Å². The first-order valence-electron chi connectivity index (χ1n) is 10.5. The second-order valence-corrected chi connectivity index (χ2v) is 8.28. The van der Waals surface area contributed by atoms with Gasteiger partial charge in [0.15, 0.2) is 5.65 Å². The maximum atomic E-state index is 12.8. The van der Waals surface area contributed by atoms with Crippen molar-refractivity contribution in [3.8, 4) is 0 Å². The van der Waals surface area contributed by atoms with Crippen molar-refractivity contribution in [2.24, 2.45) is 5.92 Å². The lowest BCUT2D eigenvalue weighted by Gasteiger charge is -2.13. The molecule has 3 aromatic rings. The van der Waals surface area contributed by atoms with E-state index in [1.807, 2.05) is 41.9 Å². The van der Waals surface area contributed by atoms with Gasteiger partial charge in [0.2, 0.25) is 0 Å². The third-order valence-electron chi connectivity index (χ3n) is 5.71. The zero-order valence-corrected chi connectivity index (χ0v) is 17.4. The summed E-state index contributed by atoms with van der Waals surface area (Å²) < 4.78 is 1.88. The second kappa shape index (κ2) is 8.23. The lowest BCUT2D eigenvalue weighted by Crippen LogP contribution is -2.15. The van der Waals surface area contributed by atoms with Gasteiger partial charge in [0.25, 0.3) is 5.91 Å². The molecule has 152 valence electrons. The Labute approximate surface area is 171 Å². The van der Waals surface area contributed by atoms with Crippen LogP contribution in [0.25, 0.3) is 11.0 Å². The summed E-state index contributed by atoms with van der Waals surface area (Å²) >= 11 is 0. The molecule has 1 saturated carbocycles. The van der Waals surface area contributed by atoms with E-state index in [9.17, 15) is 4.79 Å². The van der Waals surface area contributed by atoms with Crippen LogP contribution in [0.2, 0.25) is 0 Å². The van der Waals surface area contributed by atoms with E-state index in [0.29, 0.717) is 11.3 Å². The summed E-state index contributed by atoms with van der Waals surface area (Å²) in [5.41, 5.74) is 3.96. The minimum Gasteiger partial charge on any atom is -0.385 e. The molecule has 2 N–H and O–H groups in total. The van der Waals surface area contributed by atoms with Gasteiger partial charge in [-0.15, -0.1) is 0 Å². The minimum atomic E-state index is -0.152. The summed E-state index contributed by atoms with van der Waals surface area (Å²) in [7, 11) is 0. The predicted molar refractivity (Wildman–Crippen MR) is 117 cm³/mol. The van der Waals surface area contributed by atoms with Crippen LogP contribution in [0, 0.1) is 12.8 Å². The van der Waals surface area contributed by atoms with E-state index in [0.717, 1.165) is 34.9 Å². The van der Waals surface area contributed by atoms with Gasteiger partial charge in [0.05, 0.1) is 17.5 Å². The van der Waals surface area contributed by atoms with Crippen LogP contribution in [0.4, 0.5) is 11.4 Å². The number of nitrogens with one attached hydrogen (secondary N) is 2. The van der Waals surface area contributed by atoms with Crippen molar-refractivity contribution in [1.82, 2.24) is 14.8 Å². The normalized spacial score (nSPS) is 14.6. The summed E-state index contributed by atoms with van der Waals surface area (Å²) in [6.45, 7) is 7.02. The van der Waals surface area contributed by atoms with Crippen molar-refractivity contribution in [2.45, 2.75) is 52.5 Å². The first-order chi connectivity index (χ1) is 14.0. The number of carbonyl (C=O) groups is 1. The van der Waals surface area contributed by atoms with E-state index in [1.165, 1.54) is 25.7 Å². The summed E-state index contributed by atoms with van der Waals surface area (Å²) in [5, 5.41) is 11.8. The highest BCUT2D eigenvalue weighted by Crippen LogP contribution is 2.25. The van der Waals surface area contributed by atoms with Crippen LogP contribution in [-0.4, -0.2) is 27.2 Å². The summed E-state index contributed by atoms with van der Waals surface area (Å²) in [6.07, 6.45) is 7.14. The Morgan fingerprint density at radius 3 is 2.55 bits per heavy atom. The SMILES string of the molecule is Cc1nc2c(cnn2C(C)C)cc1C(=O)Nc1ccc(NCC2CCCC2)cc1. The third kappa shape index (κ3) is 4.26. The van der Waals surface area contributed by atoms with Crippen molar-refractivity contribution >= 4 is 28.3 Å². The summed E-state index contributed by atoms with van der Waals surface area (Å²) in [6, 6.07) is 10.0. The van der Waals surface area contributed by atoms with Gasteiger partial charge in [-0.25, -0.2) is 9.67 Å². The van der Waals surface area contributed by atoms with Crippen molar-refractivity contribution in [3.05, 3.63) is 47.8 Å². The largest absolute Gasteiger partial charge is 0.385 e. The minimum absolute atomic E-state index is 0.152. The lowest BCUT2D eigenvalue weighted by molar-refractivity contribution is 0.102. The number of aryl methyl sites for hydroxylation is 1. The fourth-order valence-corrected chi connectivity index (χ4v) is 4.02. The maximum absolute atomic E-state index is 12.8. The molecule has 0 radical (unpaired) electrons. The molecular formula is C23H29N5O. The van der Waals surface area contributed by atoms with Crippen LogP contribution < -0.4 is 10.6 Å². The highest BCUT2D eigenvalue weighted by molar-refractivity contribution is 6.06. The number of carbonyl (C=O) groups excluding carboxylic acids is 1. The number of amides is 1. The molecule has 1 aromatic carbocycles. The Kier molecular flexibility index (Phi) is 5.51. The average molecular weight is 392 g/mol. The monoisotopic (exact) mass is 391 g/mol. The number of nitrogens with zero attached hydrogens (tertiary/aromatic N) is 3. The molecule has 1 aliphatic rings. The van der Waals surface area contributed by atoms with Gasteiger partial charge in [-0.3, -0.25) is 4.79 Å². The standard InChI is InChI=1S/C23H29N5O/c1-15(2)28-22-18(14-25-28)12-21(16(3)26-22)23(29)27-20-10-8-19(9-11-20)24-13-17-6-4-5-7-17/h8-12,14-15,17,24H,4-7,13H2,1-3H3,(H,27,29). The van der Waals surface area contributed by atoms with Gasteiger partial charge in [-0.05, 0) is 69.9 Å². The molecule has 1 fully saturated rings. The quantitative estimate of drug-likeness (QED) is 0.608. The van der Waals surface area contributed by atoms with E-state index in [-0.39, 0.29) is 11.9 Å². The third-order valence-corrected chi connectivity index (χ3v) is 5.71. The Bertz CT molecular complexity index is 1000. The molecule has 1 aliphatic carbocycles. The average Bonchev–Trinajstić information content (AvgIpc) is 3.36. The molecule has 6 nitrogen and oxygen atoms in total. The van der Waals surface area contributed by atoms with E-state index in [2.05, 4.69) is 34.6 Å². The molecule has 1 amide bonds. The van der Waals surface area contributed by atoms with Crippen LogP contribution >= 0.6 is 0 Å². The van der Waals surface area contributed by atoms with E-state index >= 15 is 0 Å². The summed E-state index contributed by atoms with van der Waals surface area (Å²) in [5.74, 6) is 0.640. The van der Waals surface area contributed by atoms with Crippen LogP contribution in [0.15, 0.2) is 36.5 Å². The smallest absolute Gasteiger partial charge is 0.257 e. The second-order valence-electron chi connectivity index (χ2n) is 8.28. The van der Waals surface area contributed by atoms with Crippen LogP contribution in [-0.2, 0) is 0 Å². The van der Waals surface area contributed by atoms with Gasteiger partial charge in [-0.2, -0.15) is 5.10 Å². The van der Waals surface area contributed by atoms with Crippen LogP contribution in [0.5, 0.6) is 0 Å². The zero-order chi connectivity index (χ0) is 20.4. The number of anilines is 2. The van der Waals surface area contributed by atoms with Crippen LogP contribution in [0.3, 0.4) is 0 Å². The molecule has 4 rings (SSSR count). The molecule has 2 aromatic heterocycles. The van der Waals surface area contributed by atoms with Gasteiger partial charge in [-0.1, -0.05) is 12.8 Å². The molecule has 0 saturated heterocycles. The maximum Gasteiger partial charge on any atom is 0.257 e. The van der Waals surface area contributed by atoms with Crippen molar-refractivity contribution < 1.29 is 4.79 Å². The molecular weight excluding hydrogens is 362 g/mol. The van der Waals surface area contributed by atoms with E-state index < -0.39 is 0 Å². The molecule has 0 unspecified atom stereocenters. The van der Waals surface area contributed by atoms with Gasteiger partial charge in [0, 0.05) is 29.3 Å². The Morgan fingerprint density at radius 1 is 1.17 bits per heavy atom. The number of hydrogen-bond acceptors (Lipinski definition) is 4. The number of pyridine rings is 1. The van der Waals surface area contributed by atoms with Gasteiger partial charge >= 0.3 is 0 Å². The topological polar surface area (TPSA) is 71.8 Å². The fourth-order valence-electron chi connectivity index (χ4n) is 4.02. The number of rotatable bonds is 6. The number of aromatic nitrogens is 3. The zero-order valence-electron chi connectivity index (χ0n) is 17.4. The molecule has 29 heavy (non-hydrogen) atoms. The number of fused-ring (bicyclic) bond motifs is 1. The highest BCUT2D eigenvalue weighted by atomic mass is 16.1. The molecule has 2 heterocycles. The predicted octanol–water partition coefficient (Wildman–Crippen LogP) is 5.18. The molecule has 0 aliphatic heterocycles.